The van der Waals surface area contributed by atoms with E-state index in [1.165, 1.54) is 4.88 Å². The van der Waals surface area contributed by atoms with Crippen LogP contribution in [0.4, 0.5) is 0 Å². The van der Waals surface area contributed by atoms with Gasteiger partial charge < -0.3 is 10.9 Å². The van der Waals surface area contributed by atoms with E-state index in [2.05, 4.69) is 38.1 Å². The van der Waals surface area contributed by atoms with Crippen molar-refractivity contribution in [1.82, 2.24) is 4.90 Å². The van der Waals surface area contributed by atoms with E-state index in [1.54, 1.807) is 11.3 Å². The number of oxime groups is 1. The van der Waals surface area contributed by atoms with Crippen molar-refractivity contribution in [3.63, 3.8) is 0 Å². The second-order valence-corrected chi connectivity index (χ2v) is 6.41. The molecule has 0 saturated carbocycles. The molecule has 0 amide bonds. The lowest BCUT2D eigenvalue weighted by Gasteiger charge is -2.22. The van der Waals surface area contributed by atoms with Gasteiger partial charge in [0.05, 0.1) is 9.83 Å². The van der Waals surface area contributed by atoms with Gasteiger partial charge >= 0.3 is 0 Å². The predicted octanol–water partition coefficient (Wildman–Crippen LogP) is 2.22. The third-order valence-corrected chi connectivity index (χ3v) is 4.42. The van der Waals surface area contributed by atoms with Gasteiger partial charge in [0.15, 0.2) is 5.84 Å². The number of hydrogen-bond donors (Lipinski definition) is 2. The maximum Gasteiger partial charge on any atom is 0.156 e. The molecule has 1 saturated heterocycles. The quantitative estimate of drug-likeness (QED) is 0.389. The minimum absolute atomic E-state index is 0.0888. The zero-order valence-electron chi connectivity index (χ0n) is 8.77. The summed E-state index contributed by atoms with van der Waals surface area (Å²) in [6.45, 7) is 1.88. The largest absolute Gasteiger partial charge is 0.409 e. The average Bonchev–Trinajstić information content (AvgIpc) is 2.87. The summed E-state index contributed by atoms with van der Waals surface area (Å²) in [6, 6.07) is 4.25. The lowest BCUT2D eigenvalue weighted by Crippen LogP contribution is -2.39. The van der Waals surface area contributed by atoms with Gasteiger partial charge in [0.2, 0.25) is 0 Å². The van der Waals surface area contributed by atoms with Crippen molar-refractivity contribution < 1.29 is 5.21 Å². The molecule has 0 radical (unpaired) electrons. The van der Waals surface area contributed by atoms with E-state index in [-0.39, 0.29) is 6.04 Å². The zero-order chi connectivity index (χ0) is 11.5. The molecule has 16 heavy (non-hydrogen) atoms. The molecular weight excluding hydrogens is 290 g/mol. The Kier molecular flexibility index (Phi) is 3.83. The van der Waals surface area contributed by atoms with Gasteiger partial charge in [0, 0.05) is 11.4 Å². The van der Waals surface area contributed by atoms with E-state index < -0.39 is 0 Å². The van der Waals surface area contributed by atoms with E-state index in [0.29, 0.717) is 5.84 Å². The monoisotopic (exact) mass is 303 g/mol. The topological polar surface area (TPSA) is 61.9 Å². The number of likely N-dealkylation sites (tertiary alicyclic amines) is 1. The summed E-state index contributed by atoms with van der Waals surface area (Å²) in [5.74, 6) is 0.327. The molecule has 6 heteroatoms. The Bertz CT molecular complexity index is 393. The van der Waals surface area contributed by atoms with E-state index in [4.69, 9.17) is 10.9 Å². The highest BCUT2D eigenvalue weighted by molar-refractivity contribution is 9.11. The molecule has 1 aromatic heterocycles. The summed E-state index contributed by atoms with van der Waals surface area (Å²) in [6.07, 6.45) is 2.08. The van der Waals surface area contributed by atoms with Gasteiger partial charge in [-0.25, -0.2) is 0 Å². The molecule has 2 heterocycles. The van der Waals surface area contributed by atoms with Gasteiger partial charge in [0.25, 0.3) is 0 Å². The molecule has 1 aliphatic rings. The fourth-order valence-corrected chi connectivity index (χ4v) is 3.56. The van der Waals surface area contributed by atoms with Gasteiger partial charge in [-0.2, -0.15) is 0 Å². The third kappa shape index (κ3) is 2.56. The van der Waals surface area contributed by atoms with Gasteiger partial charge in [-0.05, 0) is 47.4 Å². The third-order valence-electron chi connectivity index (χ3n) is 2.81. The molecule has 1 aromatic rings. The number of amidine groups is 1. The van der Waals surface area contributed by atoms with Crippen molar-refractivity contribution in [2.24, 2.45) is 10.9 Å². The van der Waals surface area contributed by atoms with E-state index in [0.717, 1.165) is 29.7 Å². The maximum atomic E-state index is 8.71. The fraction of sp³-hybridized carbons (Fsp3) is 0.500. The van der Waals surface area contributed by atoms with Crippen molar-refractivity contribution in [2.75, 3.05) is 6.54 Å². The molecule has 4 nitrogen and oxygen atoms in total. The Balaban J connectivity index is 2.04. The Hall–Kier alpha value is -0.590. The first-order valence-corrected chi connectivity index (χ1v) is 6.77. The smallest absolute Gasteiger partial charge is 0.156 e. The van der Waals surface area contributed by atoms with Crippen LogP contribution in [-0.4, -0.2) is 28.5 Å². The van der Waals surface area contributed by atoms with Crippen LogP contribution in [0.25, 0.3) is 0 Å². The highest BCUT2D eigenvalue weighted by atomic mass is 79.9. The van der Waals surface area contributed by atoms with Crippen LogP contribution in [0.1, 0.15) is 17.7 Å². The number of thiophene rings is 1. The Morgan fingerprint density at radius 1 is 1.69 bits per heavy atom. The summed E-state index contributed by atoms with van der Waals surface area (Å²) >= 11 is 5.18. The van der Waals surface area contributed by atoms with E-state index in [9.17, 15) is 0 Å². The predicted molar refractivity (Wildman–Crippen MR) is 68.9 cm³/mol. The first-order valence-electron chi connectivity index (χ1n) is 5.16. The lowest BCUT2D eigenvalue weighted by molar-refractivity contribution is 0.276. The highest BCUT2D eigenvalue weighted by Gasteiger charge is 2.28. The van der Waals surface area contributed by atoms with Crippen molar-refractivity contribution in [3.05, 3.63) is 20.8 Å². The van der Waals surface area contributed by atoms with Gasteiger partial charge in [-0.3, -0.25) is 4.90 Å². The second kappa shape index (κ2) is 5.16. The van der Waals surface area contributed by atoms with Crippen molar-refractivity contribution in [2.45, 2.75) is 25.4 Å². The molecule has 1 aliphatic heterocycles. The molecule has 1 unspecified atom stereocenters. The van der Waals surface area contributed by atoms with E-state index in [1.807, 2.05) is 0 Å². The molecule has 3 N–H and O–H groups in total. The van der Waals surface area contributed by atoms with Crippen LogP contribution >= 0.6 is 27.3 Å². The molecule has 1 atom stereocenters. The standard InChI is InChI=1S/C10H14BrN3OS/c11-9-4-3-7(16-9)6-14-5-1-2-8(14)10(12)13-15/h3-4,8,15H,1-2,5-6H2,(H2,12,13). The zero-order valence-corrected chi connectivity index (χ0v) is 11.2. The lowest BCUT2D eigenvalue weighted by atomic mass is 10.2. The van der Waals surface area contributed by atoms with Crippen LogP contribution in [0.5, 0.6) is 0 Å². The maximum absolute atomic E-state index is 8.71. The van der Waals surface area contributed by atoms with Crippen LogP contribution in [0.3, 0.4) is 0 Å². The summed E-state index contributed by atoms with van der Waals surface area (Å²) < 4.78 is 1.14. The highest BCUT2D eigenvalue weighted by Crippen LogP contribution is 2.26. The van der Waals surface area contributed by atoms with Crippen LogP contribution in [0.2, 0.25) is 0 Å². The summed E-state index contributed by atoms with van der Waals surface area (Å²) in [4.78, 5) is 3.55. The van der Waals surface area contributed by atoms with Crippen LogP contribution in [0.15, 0.2) is 21.1 Å². The number of halogens is 1. The Morgan fingerprint density at radius 2 is 2.50 bits per heavy atom. The minimum atomic E-state index is 0.0888. The van der Waals surface area contributed by atoms with Crippen LogP contribution in [-0.2, 0) is 6.54 Å². The molecule has 88 valence electrons. The van der Waals surface area contributed by atoms with E-state index >= 15 is 0 Å². The molecule has 0 aliphatic carbocycles. The van der Waals surface area contributed by atoms with Gasteiger partial charge in [-0.1, -0.05) is 5.16 Å². The second-order valence-electron chi connectivity index (χ2n) is 3.86. The summed E-state index contributed by atoms with van der Waals surface area (Å²) in [7, 11) is 0. The SMILES string of the molecule is NC(=NO)C1CCCN1Cc1ccc(Br)s1. The molecule has 0 spiro atoms. The number of nitrogens with two attached hydrogens (primary N) is 1. The molecule has 0 bridgehead atoms. The van der Waals surface area contributed by atoms with Crippen molar-refractivity contribution in [1.29, 1.82) is 0 Å². The molecular formula is C10H14BrN3OS. The normalized spacial score (nSPS) is 22.8. The molecule has 1 fully saturated rings. The first-order chi connectivity index (χ1) is 7.70. The molecule has 2 rings (SSSR count). The van der Waals surface area contributed by atoms with Gasteiger partial charge in [-0.15, -0.1) is 11.3 Å². The van der Waals surface area contributed by atoms with Crippen molar-refractivity contribution in [3.8, 4) is 0 Å². The first kappa shape index (κ1) is 11.9. The fourth-order valence-electron chi connectivity index (χ4n) is 2.05. The van der Waals surface area contributed by atoms with Gasteiger partial charge in [0.1, 0.15) is 0 Å². The number of rotatable bonds is 3. The molecule has 0 aromatic carbocycles. The minimum Gasteiger partial charge on any atom is -0.409 e. The summed E-state index contributed by atoms with van der Waals surface area (Å²) in [5.41, 5.74) is 5.68. The Morgan fingerprint density at radius 3 is 3.12 bits per heavy atom. The van der Waals surface area contributed by atoms with Crippen LogP contribution < -0.4 is 5.73 Å². The number of nitrogens with zero attached hydrogens (tertiary/aromatic N) is 2. The average molecular weight is 304 g/mol. The number of hydrogen-bond acceptors (Lipinski definition) is 4. The Labute approximate surface area is 107 Å². The summed E-state index contributed by atoms with van der Waals surface area (Å²) in [5, 5.41) is 11.8. The van der Waals surface area contributed by atoms with Crippen molar-refractivity contribution >= 4 is 33.1 Å². The van der Waals surface area contributed by atoms with Crippen LogP contribution in [0, 0.1) is 0 Å².